The van der Waals surface area contributed by atoms with E-state index in [0.29, 0.717) is 12.2 Å². The highest BCUT2D eigenvalue weighted by atomic mass is 32.1. The van der Waals surface area contributed by atoms with Crippen molar-refractivity contribution in [3.05, 3.63) is 0 Å². The summed E-state index contributed by atoms with van der Waals surface area (Å²) in [5, 5.41) is 0. The van der Waals surface area contributed by atoms with E-state index in [1.54, 1.807) is 0 Å². The molecule has 48 valence electrons. The van der Waals surface area contributed by atoms with Gasteiger partial charge in [-0.2, -0.15) is 12.6 Å². The molecule has 0 spiro atoms. The van der Waals surface area contributed by atoms with Gasteiger partial charge in [-0.3, -0.25) is 0 Å². The first-order valence-corrected chi connectivity index (χ1v) is 3.72. The molecular formula is C6H12OS. The van der Waals surface area contributed by atoms with E-state index in [4.69, 9.17) is 4.74 Å². The fourth-order valence-corrected chi connectivity index (χ4v) is 1.29. The van der Waals surface area contributed by atoms with Gasteiger partial charge in [0.25, 0.3) is 0 Å². The highest BCUT2D eigenvalue weighted by Crippen LogP contribution is 2.19. The van der Waals surface area contributed by atoms with E-state index >= 15 is 0 Å². The fraction of sp³-hybridized carbons (Fsp3) is 1.00. The van der Waals surface area contributed by atoms with E-state index in [1.807, 2.05) is 0 Å². The van der Waals surface area contributed by atoms with E-state index < -0.39 is 0 Å². The molecule has 0 aromatic rings. The van der Waals surface area contributed by atoms with Crippen LogP contribution in [0, 0.1) is 0 Å². The number of hydrogen-bond donors (Lipinski definition) is 1. The van der Waals surface area contributed by atoms with Crippen LogP contribution in [0.1, 0.15) is 19.8 Å². The zero-order valence-electron chi connectivity index (χ0n) is 5.13. The Kier molecular flexibility index (Phi) is 2.20. The van der Waals surface area contributed by atoms with Crippen LogP contribution in [0.5, 0.6) is 0 Å². The molecule has 1 aliphatic heterocycles. The third-order valence-corrected chi connectivity index (χ3v) is 1.93. The Balaban J connectivity index is 2.22. The standard InChI is InChI=1S/C6H12OS/c1-5-2-3-6(4-8)7-5/h5-6,8H,2-4H2,1H3. The zero-order chi connectivity index (χ0) is 5.98. The van der Waals surface area contributed by atoms with Crippen molar-refractivity contribution >= 4 is 12.6 Å². The molecule has 2 unspecified atom stereocenters. The van der Waals surface area contributed by atoms with Gasteiger partial charge in [0.1, 0.15) is 0 Å². The smallest absolute Gasteiger partial charge is 0.0667 e. The van der Waals surface area contributed by atoms with Crippen LogP contribution in [0.3, 0.4) is 0 Å². The molecule has 0 N–H and O–H groups in total. The van der Waals surface area contributed by atoms with Gasteiger partial charge in [0.15, 0.2) is 0 Å². The predicted octanol–water partition coefficient (Wildman–Crippen LogP) is 1.48. The summed E-state index contributed by atoms with van der Waals surface area (Å²) in [5.41, 5.74) is 0. The normalized spacial score (nSPS) is 38.2. The second-order valence-corrected chi connectivity index (χ2v) is 2.69. The van der Waals surface area contributed by atoms with Gasteiger partial charge in [-0.05, 0) is 19.8 Å². The Labute approximate surface area is 55.8 Å². The largest absolute Gasteiger partial charge is 0.374 e. The molecule has 1 aliphatic rings. The first-order chi connectivity index (χ1) is 3.83. The zero-order valence-corrected chi connectivity index (χ0v) is 6.03. The second-order valence-electron chi connectivity index (χ2n) is 2.33. The summed E-state index contributed by atoms with van der Waals surface area (Å²) >= 11 is 4.13. The monoisotopic (exact) mass is 132 g/mol. The minimum absolute atomic E-state index is 0.438. The van der Waals surface area contributed by atoms with Crippen molar-refractivity contribution in [2.45, 2.75) is 32.0 Å². The van der Waals surface area contributed by atoms with Crippen molar-refractivity contribution in [3.8, 4) is 0 Å². The predicted molar refractivity (Wildman–Crippen MR) is 37.4 cm³/mol. The Morgan fingerprint density at radius 3 is 2.62 bits per heavy atom. The summed E-state index contributed by atoms with van der Waals surface area (Å²) in [6, 6.07) is 0. The second kappa shape index (κ2) is 2.74. The minimum Gasteiger partial charge on any atom is -0.374 e. The molecule has 0 radical (unpaired) electrons. The third-order valence-electron chi connectivity index (χ3n) is 1.52. The van der Waals surface area contributed by atoms with Crippen molar-refractivity contribution in [2.24, 2.45) is 0 Å². The number of ether oxygens (including phenoxy) is 1. The van der Waals surface area contributed by atoms with Gasteiger partial charge >= 0.3 is 0 Å². The van der Waals surface area contributed by atoms with Gasteiger partial charge in [0.2, 0.25) is 0 Å². The van der Waals surface area contributed by atoms with E-state index in [-0.39, 0.29) is 0 Å². The fourth-order valence-electron chi connectivity index (χ4n) is 1.02. The average molecular weight is 132 g/mol. The van der Waals surface area contributed by atoms with Crippen LogP contribution in [0.15, 0.2) is 0 Å². The summed E-state index contributed by atoms with van der Waals surface area (Å²) in [6.45, 7) is 2.11. The third kappa shape index (κ3) is 1.39. The lowest BCUT2D eigenvalue weighted by atomic mass is 10.2. The number of thiol groups is 1. The summed E-state index contributed by atoms with van der Waals surface area (Å²) in [6.07, 6.45) is 3.33. The van der Waals surface area contributed by atoms with Crippen molar-refractivity contribution in [1.29, 1.82) is 0 Å². The minimum atomic E-state index is 0.438. The summed E-state index contributed by atoms with van der Waals surface area (Å²) in [4.78, 5) is 0. The van der Waals surface area contributed by atoms with Gasteiger partial charge in [0.05, 0.1) is 12.2 Å². The molecule has 1 nitrogen and oxygen atoms in total. The maximum atomic E-state index is 5.43. The number of rotatable bonds is 1. The van der Waals surface area contributed by atoms with Gasteiger partial charge in [-0.25, -0.2) is 0 Å². The van der Waals surface area contributed by atoms with Gasteiger partial charge in [0, 0.05) is 5.75 Å². The lowest BCUT2D eigenvalue weighted by molar-refractivity contribution is 0.0702. The highest BCUT2D eigenvalue weighted by molar-refractivity contribution is 7.80. The van der Waals surface area contributed by atoms with Crippen molar-refractivity contribution in [2.75, 3.05) is 5.75 Å². The lowest BCUT2D eigenvalue weighted by Gasteiger charge is -2.05. The highest BCUT2D eigenvalue weighted by Gasteiger charge is 2.19. The van der Waals surface area contributed by atoms with Crippen LogP contribution in [0.25, 0.3) is 0 Å². The average Bonchev–Trinajstić information content (AvgIpc) is 2.14. The molecule has 1 rings (SSSR count). The first kappa shape index (κ1) is 6.43. The quantitative estimate of drug-likeness (QED) is 0.532. The van der Waals surface area contributed by atoms with Gasteiger partial charge < -0.3 is 4.74 Å². The molecule has 2 atom stereocenters. The van der Waals surface area contributed by atoms with E-state index in [0.717, 1.165) is 5.75 Å². The topological polar surface area (TPSA) is 9.23 Å². The Morgan fingerprint density at radius 2 is 2.38 bits per heavy atom. The summed E-state index contributed by atoms with van der Waals surface area (Å²) in [5.74, 6) is 0.879. The molecule has 0 amide bonds. The van der Waals surface area contributed by atoms with Crippen molar-refractivity contribution in [1.82, 2.24) is 0 Å². The maximum Gasteiger partial charge on any atom is 0.0667 e. The van der Waals surface area contributed by atoms with Crippen molar-refractivity contribution < 1.29 is 4.74 Å². The Hall–Kier alpha value is 0.310. The Morgan fingerprint density at radius 1 is 1.62 bits per heavy atom. The molecule has 2 heteroatoms. The Bertz CT molecular complexity index is 74.9. The molecular weight excluding hydrogens is 120 g/mol. The first-order valence-electron chi connectivity index (χ1n) is 3.09. The van der Waals surface area contributed by atoms with Crippen LogP contribution in [-0.2, 0) is 4.74 Å². The summed E-state index contributed by atoms with van der Waals surface area (Å²) < 4.78 is 5.43. The van der Waals surface area contributed by atoms with Crippen LogP contribution in [-0.4, -0.2) is 18.0 Å². The maximum absolute atomic E-state index is 5.43. The van der Waals surface area contributed by atoms with Gasteiger partial charge in [-0.15, -0.1) is 0 Å². The van der Waals surface area contributed by atoms with Crippen LogP contribution in [0.2, 0.25) is 0 Å². The van der Waals surface area contributed by atoms with E-state index in [2.05, 4.69) is 19.6 Å². The molecule has 0 aromatic heterocycles. The molecule has 1 heterocycles. The van der Waals surface area contributed by atoms with Crippen LogP contribution in [0.4, 0.5) is 0 Å². The van der Waals surface area contributed by atoms with Gasteiger partial charge in [-0.1, -0.05) is 0 Å². The van der Waals surface area contributed by atoms with Crippen molar-refractivity contribution in [3.63, 3.8) is 0 Å². The number of hydrogen-bond acceptors (Lipinski definition) is 2. The molecule has 0 aliphatic carbocycles. The molecule has 0 saturated carbocycles. The lowest BCUT2D eigenvalue weighted by Crippen LogP contribution is -2.08. The molecule has 0 aromatic carbocycles. The SMILES string of the molecule is CC1CCC(CS)O1. The molecule has 1 saturated heterocycles. The molecule has 1 fully saturated rings. The van der Waals surface area contributed by atoms with E-state index in [9.17, 15) is 0 Å². The van der Waals surface area contributed by atoms with Crippen LogP contribution < -0.4 is 0 Å². The molecule has 0 bridgehead atoms. The van der Waals surface area contributed by atoms with Crippen LogP contribution >= 0.6 is 12.6 Å². The summed E-state index contributed by atoms with van der Waals surface area (Å²) in [7, 11) is 0. The van der Waals surface area contributed by atoms with E-state index in [1.165, 1.54) is 12.8 Å². The molecule has 8 heavy (non-hydrogen) atoms.